The minimum absolute atomic E-state index is 0.0278. The number of hydrogen-bond donors (Lipinski definition) is 2. The summed E-state index contributed by atoms with van der Waals surface area (Å²) in [6, 6.07) is 1.75. The highest BCUT2D eigenvalue weighted by molar-refractivity contribution is 5.78. The Morgan fingerprint density at radius 3 is 2.73 bits per heavy atom. The van der Waals surface area contributed by atoms with Gasteiger partial charge < -0.3 is 10.6 Å². The summed E-state index contributed by atoms with van der Waals surface area (Å²) in [6.45, 7) is 1.26. The maximum atomic E-state index is 13.2. The van der Waals surface area contributed by atoms with E-state index in [0.717, 1.165) is 0 Å². The number of nitrogens with zero attached hydrogens (tertiary/aromatic N) is 2. The predicted molar refractivity (Wildman–Crippen MR) is 75.2 cm³/mol. The lowest BCUT2D eigenvalue weighted by atomic mass is 10.1. The Bertz CT molecular complexity index is 475. The number of alkyl halides is 3. The number of hydrogen-bond acceptors (Lipinski definition) is 4. The fourth-order valence-corrected chi connectivity index (χ4v) is 2.41. The van der Waals surface area contributed by atoms with Crippen molar-refractivity contribution in [3.8, 4) is 0 Å². The molecular formula is C14H19F3N4O. The zero-order valence-electron chi connectivity index (χ0n) is 12.1. The van der Waals surface area contributed by atoms with Crippen molar-refractivity contribution in [1.29, 1.82) is 0 Å². The molecule has 5 nitrogen and oxygen atoms in total. The number of halogens is 3. The van der Waals surface area contributed by atoms with Crippen molar-refractivity contribution in [2.45, 2.75) is 18.6 Å². The number of amides is 1. The van der Waals surface area contributed by atoms with Crippen LogP contribution in [0.2, 0.25) is 0 Å². The average molecular weight is 316 g/mol. The summed E-state index contributed by atoms with van der Waals surface area (Å²) in [6.07, 6.45) is -1.23. The molecule has 0 bridgehead atoms. The molecule has 1 atom stereocenters. The van der Waals surface area contributed by atoms with E-state index in [1.165, 1.54) is 11.1 Å². The standard InChI is InChI=1S/C14H19F3N4O/c15-14(16,17)12(21-6-4-18-5-7-21)10-20-13(22)8-11-2-1-3-19-9-11/h1-3,9,12,18H,4-8,10H2,(H,20,22). The third-order valence-corrected chi connectivity index (χ3v) is 3.55. The largest absolute Gasteiger partial charge is 0.405 e. The third-order valence-electron chi connectivity index (χ3n) is 3.55. The monoisotopic (exact) mass is 316 g/mol. The molecule has 8 heteroatoms. The number of nitrogens with one attached hydrogen (secondary N) is 2. The second-order valence-electron chi connectivity index (χ2n) is 5.19. The fourth-order valence-electron chi connectivity index (χ4n) is 2.41. The fraction of sp³-hybridized carbons (Fsp3) is 0.571. The quantitative estimate of drug-likeness (QED) is 0.834. The van der Waals surface area contributed by atoms with Crippen molar-refractivity contribution >= 4 is 5.91 Å². The van der Waals surface area contributed by atoms with Gasteiger partial charge in [-0.05, 0) is 11.6 Å². The second-order valence-corrected chi connectivity index (χ2v) is 5.19. The van der Waals surface area contributed by atoms with Gasteiger partial charge in [0, 0.05) is 45.1 Å². The van der Waals surface area contributed by atoms with Crippen LogP contribution in [0.1, 0.15) is 5.56 Å². The topological polar surface area (TPSA) is 57.3 Å². The lowest BCUT2D eigenvalue weighted by Gasteiger charge is -2.35. The highest BCUT2D eigenvalue weighted by Gasteiger charge is 2.43. The molecule has 1 aliphatic rings. The van der Waals surface area contributed by atoms with E-state index in [4.69, 9.17) is 0 Å². The van der Waals surface area contributed by atoms with Gasteiger partial charge in [-0.1, -0.05) is 6.07 Å². The Balaban J connectivity index is 1.89. The van der Waals surface area contributed by atoms with Crippen molar-refractivity contribution < 1.29 is 18.0 Å². The van der Waals surface area contributed by atoms with E-state index < -0.39 is 24.7 Å². The molecule has 0 spiro atoms. The van der Waals surface area contributed by atoms with Crippen molar-refractivity contribution in [3.05, 3.63) is 30.1 Å². The van der Waals surface area contributed by atoms with Crippen LogP contribution in [0.15, 0.2) is 24.5 Å². The van der Waals surface area contributed by atoms with Gasteiger partial charge in [-0.15, -0.1) is 0 Å². The van der Waals surface area contributed by atoms with Gasteiger partial charge in [0.1, 0.15) is 6.04 Å². The first-order chi connectivity index (χ1) is 10.5. The molecule has 1 fully saturated rings. The van der Waals surface area contributed by atoms with Gasteiger partial charge in [-0.2, -0.15) is 13.2 Å². The Morgan fingerprint density at radius 1 is 1.41 bits per heavy atom. The maximum absolute atomic E-state index is 13.2. The molecule has 1 saturated heterocycles. The smallest absolute Gasteiger partial charge is 0.354 e. The van der Waals surface area contributed by atoms with Crippen LogP contribution >= 0.6 is 0 Å². The predicted octanol–water partition coefficient (Wildman–Crippen LogP) is 0.576. The van der Waals surface area contributed by atoms with Crippen LogP contribution in [0.3, 0.4) is 0 Å². The molecular weight excluding hydrogens is 297 g/mol. The Kier molecular flexibility index (Phi) is 5.73. The van der Waals surface area contributed by atoms with Gasteiger partial charge in [0.2, 0.25) is 5.91 Å². The van der Waals surface area contributed by atoms with E-state index in [0.29, 0.717) is 31.7 Å². The van der Waals surface area contributed by atoms with Crippen LogP contribution in [-0.2, 0) is 11.2 Å². The number of piperazine rings is 1. The van der Waals surface area contributed by atoms with Crippen molar-refractivity contribution in [2.75, 3.05) is 32.7 Å². The first-order valence-corrected chi connectivity index (χ1v) is 7.14. The zero-order chi connectivity index (χ0) is 16.0. The molecule has 0 aromatic carbocycles. The van der Waals surface area contributed by atoms with E-state index in [9.17, 15) is 18.0 Å². The summed E-state index contributed by atoms with van der Waals surface area (Å²) in [7, 11) is 0. The highest BCUT2D eigenvalue weighted by atomic mass is 19.4. The molecule has 1 amide bonds. The first kappa shape index (κ1) is 16.7. The molecule has 1 aliphatic heterocycles. The summed E-state index contributed by atoms with van der Waals surface area (Å²) >= 11 is 0. The summed E-state index contributed by atoms with van der Waals surface area (Å²) in [4.78, 5) is 17.0. The Morgan fingerprint density at radius 2 is 2.14 bits per heavy atom. The summed E-state index contributed by atoms with van der Waals surface area (Å²) in [5.41, 5.74) is 0.672. The van der Waals surface area contributed by atoms with E-state index in [1.54, 1.807) is 18.3 Å². The second kappa shape index (κ2) is 7.55. The van der Waals surface area contributed by atoms with Crippen molar-refractivity contribution in [1.82, 2.24) is 20.5 Å². The molecule has 2 rings (SSSR count). The lowest BCUT2D eigenvalue weighted by Crippen LogP contribution is -2.57. The molecule has 2 heterocycles. The number of carbonyl (C=O) groups excluding carboxylic acids is 1. The van der Waals surface area contributed by atoms with Gasteiger partial charge >= 0.3 is 6.18 Å². The first-order valence-electron chi connectivity index (χ1n) is 7.14. The molecule has 122 valence electrons. The van der Waals surface area contributed by atoms with Crippen LogP contribution < -0.4 is 10.6 Å². The number of aromatic nitrogens is 1. The SMILES string of the molecule is O=C(Cc1cccnc1)NCC(N1CCNCC1)C(F)(F)F. The van der Waals surface area contributed by atoms with Crippen molar-refractivity contribution in [3.63, 3.8) is 0 Å². The average Bonchev–Trinajstić information content (AvgIpc) is 2.48. The van der Waals surface area contributed by atoms with Crippen LogP contribution in [0.5, 0.6) is 0 Å². The van der Waals surface area contributed by atoms with Gasteiger partial charge in [-0.25, -0.2) is 0 Å². The zero-order valence-corrected chi connectivity index (χ0v) is 12.1. The lowest BCUT2D eigenvalue weighted by molar-refractivity contribution is -0.184. The van der Waals surface area contributed by atoms with E-state index in [1.807, 2.05) is 0 Å². The summed E-state index contributed by atoms with van der Waals surface area (Å²) in [5.74, 6) is -0.433. The highest BCUT2D eigenvalue weighted by Crippen LogP contribution is 2.24. The minimum Gasteiger partial charge on any atom is -0.354 e. The number of rotatable bonds is 5. The molecule has 22 heavy (non-hydrogen) atoms. The molecule has 2 N–H and O–H groups in total. The normalized spacial score (nSPS) is 18.0. The van der Waals surface area contributed by atoms with Crippen LogP contribution in [-0.4, -0.2) is 60.7 Å². The Labute approximate surface area is 126 Å². The van der Waals surface area contributed by atoms with Gasteiger partial charge in [-0.3, -0.25) is 14.7 Å². The number of carbonyl (C=O) groups is 1. The number of pyridine rings is 1. The van der Waals surface area contributed by atoms with Gasteiger partial charge in [0.15, 0.2) is 0 Å². The minimum atomic E-state index is -4.36. The van der Waals surface area contributed by atoms with Crippen LogP contribution in [0, 0.1) is 0 Å². The molecule has 1 aromatic rings. The van der Waals surface area contributed by atoms with E-state index in [2.05, 4.69) is 15.6 Å². The third kappa shape index (κ3) is 4.96. The Hall–Kier alpha value is -1.67. The summed E-state index contributed by atoms with van der Waals surface area (Å²) in [5, 5.41) is 5.40. The summed E-state index contributed by atoms with van der Waals surface area (Å²) < 4.78 is 39.5. The molecule has 0 aliphatic carbocycles. The maximum Gasteiger partial charge on any atom is 0.405 e. The van der Waals surface area contributed by atoms with Gasteiger partial charge in [0.25, 0.3) is 0 Å². The van der Waals surface area contributed by atoms with Crippen molar-refractivity contribution in [2.24, 2.45) is 0 Å². The molecule has 1 aromatic heterocycles. The molecule has 1 unspecified atom stereocenters. The van der Waals surface area contributed by atoms with Crippen LogP contribution in [0.25, 0.3) is 0 Å². The van der Waals surface area contributed by atoms with E-state index >= 15 is 0 Å². The molecule has 0 saturated carbocycles. The van der Waals surface area contributed by atoms with E-state index in [-0.39, 0.29) is 6.42 Å². The molecule has 0 radical (unpaired) electrons. The van der Waals surface area contributed by atoms with Crippen LogP contribution in [0.4, 0.5) is 13.2 Å². The van der Waals surface area contributed by atoms with Gasteiger partial charge in [0.05, 0.1) is 6.42 Å².